The Labute approximate surface area is 155 Å². The van der Waals surface area contributed by atoms with E-state index in [1.165, 1.54) is 21.3 Å². The van der Waals surface area contributed by atoms with Crippen molar-refractivity contribution in [1.82, 2.24) is 20.1 Å². The molecule has 0 saturated carbocycles. The molecule has 27 heavy (non-hydrogen) atoms. The van der Waals surface area contributed by atoms with E-state index >= 15 is 0 Å². The molecule has 2 heterocycles. The number of hydrogen-bond acceptors (Lipinski definition) is 10. The van der Waals surface area contributed by atoms with Gasteiger partial charge in [0, 0.05) is 11.6 Å². The van der Waals surface area contributed by atoms with Gasteiger partial charge in [0.1, 0.15) is 5.69 Å². The van der Waals surface area contributed by atoms with Crippen LogP contribution in [0.25, 0.3) is 22.8 Å². The van der Waals surface area contributed by atoms with Crippen LogP contribution in [-0.2, 0) is 0 Å². The molecule has 0 amide bonds. The Morgan fingerprint density at radius 3 is 1.78 bits per heavy atom. The Morgan fingerprint density at radius 1 is 0.704 bits per heavy atom. The van der Waals surface area contributed by atoms with Crippen LogP contribution in [0.1, 0.15) is 0 Å². The predicted octanol–water partition coefficient (Wildman–Crippen LogP) is 2.24. The SMILES string of the molecule is COc1nc(OC)nc(-c2cc(-c3cc(OC)c(OC)c(OC)c3)no2)n1. The highest BCUT2D eigenvalue weighted by atomic mass is 16.5. The molecule has 0 spiro atoms. The van der Waals surface area contributed by atoms with Crippen LogP contribution < -0.4 is 23.7 Å². The van der Waals surface area contributed by atoms with Crippen molar-refractivity contribution in [1.29, 1.82) is 0 Å². The van der Waals surface area contributed by atoms with Crippen LogP contribution in [0, 0.1) is 0 Å². The molecule has 0 aliphatic carbocycles. The number of hydrogen-bond donors (Lipinski definition) is 0. The highest BCUT2D eigenvalue weighted by Crippen LogP contribution is 2.41. The molecule has 142 valence electrons. The van der Waals surface area contributed by atoms with Crippen molar-refractivity contribution >= 4 is 0 Å². The topological polar surface area (TPSA) is 111 Å². The van der Waals surface area contributed by atoms with E-state index < -0.39 is 0 Å². The summed E-state index contributed by atoms with van der Waals surface area (Å²) in [5.41, 5.74) is 1.23. The zero-order valence-electron chi connectivity index (χ0n) is 15.5. The highest BCUT2D eigenvalue weighted by molar-refractivity contribution is 5.70. The molecule has 0 unspecified atom stereocenters. The normalized spacial score (nSPS) is 10.4. The zero-order valence-corrected chi connectivity index (χ0v) is 15.5. The minimum absolute atomic E-state index is 0.0996. The Hall–Kier alpha value is -3.56. The Bertz CT molecular complexity index is 896. The predicted molar refractivity (Wildman–Crippen MR) is 93.5 cm³/mol. The third-order valence-corrected chi connectivity index (χ3v) is 3.65. The van der Waals surface area contributed by atoms with E-state index in [9.17, 15) is 0 Å². The van der Waals surface area contributed by atoms with Gasteiger partial charge in [-0.15, -0.1) is 4.98 Å². The van der Waals surface area contributed by atoms with E-state index in [1.807, 2.05) is 0 Å². The maximum atomic E-state index is 5.38. The van der Waals surface area contributed by atoms with Crippen LogP contribution in [0.2, 0.25) is 0 Å². The van der Waals surface area contributed by atoms with Crippen LogP contribution in [-0.4, -0.2) is 55.7 Å². The standard InChI is InChI=1S/C17H18N4O6/c1-22-11-6-9(7-12(23-2)14(11)24-3)10-8-13(27-21-10)15-18-16(25-4)20-17(19-15)26-5/h6-8H,1-5H3. The monoisotopic (exact) mass is 374 g/mol. The van der Waals surface area contributed by atoms with E-state index in [2.05, 4.69) is 20.1 Å². The van der Waals surface area contributed by atoms with Crippen molar-refractivity contribution < 1.29 is 28.2 Å². The fourth-order valence-electron chi connectivity index (χ4n) is 2.38. The average molecular weight is 374 g/mol. The van der Waals surface area contributed by atoms with Gasteiger partial charge in [0.2, 0.25) is 17.3 Å². The van der Waals surface area contributed by atoms with Gasteiger partial charge in [-0.25, -0.2) is 0 Å². The quantitative estimate of drug-likeness (QED) is 0.610. The zero-order chi connectivity index (χ0) is 19.4. The lowest BCUT2D eigenvalue weighted by molar-refractivity contribution is 0.324. The van der Waals surface area contributed by atoms with E-state index in [1.54, 1.807) is 32.4 Å². The highest BCUT2D eigenvalue weighted by Gasteiger charge is 2.19. The molecule has 10 nitrogen and oxygen atoms in total. The van der Waals surface area contributed by atoms with Crippen molar-refractivity contribution in [3.05, 3.63) is 18.2 Å². The summed E-state index contributed by atoms with van der Waals surface area (Å²) in [6.45, 7) is 0. The Balaban J connectivity index is 2.04. The minimum atomic E-state index is 0.0996. The lowest BCUT2D eigenvalue weighted by Gasteiger charge is -2.13. The first-order valence-electron chi connectivity index (χ1n) is 7.75. The second-order valence-electron chi connectivity index (χ2n) is 5.12. The summed E-state index contributed by atoms with van der Waals surface area (Å²) >= 11 is 0. The van der Waals surface area contributed by atoms with Gasteiger partial charge in [-0.05, 0) is 12.1 Å². The number of aromatic nitrogens is 4. The van der Waals surface area contributed by atoms with E-state index in [0.717, 1.165) is 0 Å². The summed E-state index contributed by atoms with van der Waals surface area (Å²) in [6, 6.07) is 5.40. The lowest BCUT2D eigenvalue weighted by Crippen LogP contribution is -2.00. The van der Waals surface area contributed by atoms with Crippen molar-refractivity contribution in [2.24, 2.45) is 0 Å². The number of nitrogens with zero attached hydrogens (tertiary/aromatic N) is 4. The number of ether oxygens (including phenoxy) is 5. The van der Waals surface area contributed by atoms with Crippen LogP contribution >= 0.6 is 0 Å². The summed E-state index contributed by atoms with van der Waals surface area (Å²) in [5.74, 6) is 2.03. The molecule has 0 fully saturated rings. The maximum absolute atomic E-state index is 5.38. The Morgan fingerprint density at radius 2 is 1.30 bits per heavy atom. The molecule has 0 N–H and O–H groups in total. The van der Waals surface area contributed by atoms with Gasteiger partial charge in [0.25, 0.3) is 0 Å². The maximum Gasteiger partial charge on any atom is 0.323 e. The summed E-state index contributed by atoms with van der Waals surface area (Å²) in [5, 5.41) is 4.07. The molecule has 0 aliphatic heterocycles. The van der Waals surface area contributed by atoms with Crippen molar-refractivity contribution in [3.8, 4) is 52.1 Å². The molecule has 0 bridgehead atoms. The molecular formula is C17H18N4O6. The molecule has 0 saturated heterocycles. The first-order valence-corrected chi connectivity index (χ1v) is 7.75. The summed E-state index contributed by atoms with van der Waals surface area (Å²) in [6.07, 6.45) is 0. The second kappa shape index (κ2) is 7.77. The van der Waals surface area contributed by atoms with Crippen LogP contribution in [0.5, 0.6) is 29.3 Å². The summed E-state index contributed by atoms with van der Waals surface area (Å²) < 4.78 is 31.5. The molecule has 10 heteroatoms. The first-order chi connectivity index (χ1) is 13.1. The minimum Gasteiger partial charge on any atom is -0.493 e. The molecule has 1 aromatic carbocycles. The van der Waals surface area contributed by atoms with E-state index in [4.69, 9.17) is 28.2 Å². The number of rotatable bonds is 7. The third-order valence-electron chi connectivity index (χ3n) is 3.65. The smallest absolute Gasteiger partial charge is 0.323 e. The van der Waals surface area contributed by atoms with Gasteiger partial charge in [-0.2, -0.15) is 9.97 Å². The first kappa shape index (κ1) is 18.2. The van der Waals surface area contributed by atoms with Gasteiger partial charge in [-0.1, -0.05) is 5.16 Å². The fourth-order valence-corrected chi connectivity index (χ4v) is 2.38. The largest absolute Gasteiger partial charge is 0.493 e. The van der Waals surface area contributed by atoms with E-state index in [0.29, 0.717) is 34.3 Å². The average Bonchev–Trinajstić information content (AvgIpc) is 3.22. The number of methoxy groups -OCH3 is 5. The summed E-state index contributed by atoms with van der Waals surface area (Å²) in [4.78, 5) is 12.2. The van der Waals surface area contributed by atoms with Crippen molar-refractivity contribution in [3.63, 3.8) is 0 Å². The van der Waals surface area contributed by atoms with Gasteiger partial charge in [-0.3, -0.25) is 0 Å². The Kier molecular flexibility index (Phi) is 5.25. The van der Waals surface area contributed by atoms with Gasteiger partial charge in [0.15, 0.2) is 11.5 Å². The van der Waals surface area contributed by atoms with E-state index in [-0.39, 0.29) is 17.8 Å². The van der Waals surface area contributed by atoms with Crippen molar-refractivity contribution in [2.75, 3.05) is 35.5 Å². The number of benzene rings is 1. The van der Waals surface area contributed by atoms with Gasteiger partial charge in [0.05, 0.1) is 35.5 Å². The molecule has 3 rings (SSSR count). The molecule has 0 atom stereocenters. The molecule has 3 aromatic rings. The van der Waals surface area contributed by atoms with Gasteiger partial charge >= 0.3 is 12.0 Å². The fraction of sp³-hybridized carbons (Fsp3) is 0.294. The van der Waals surface area contributed by atoms with Crippen molar-refractivity contribution in [2.45, 2.75) is 0 Å². The summed E-state index contributed by atoms with van der Waals surface area (Å²) in [7, 11) is 7.51. The molecule has 0 aliphatic rings. The lowest BCUT2D eigenvalue weighted by atomic mass is 10.1. The van der Waals surface area contributed by atoms with Crippen LogP contribution in [0.3, 0.4) is 0 Å². The van der Waals surface area contributed by atoms with Crippen LogP contribution in [0.4, 0.5) is 0 Å². The molecular weight excluding hydrogens is 356 g/mol. The second-order valence-corrected chi connectivity index (χ2v) is 5.12. The third kappa shape index (κ3) is 3.54. The molecule has 0 radical (unpaired) electrons. The van der Waals surface area contributed by atoms with Crippen LogP contribution in [0.15, 0.2) is 22.7 Å². The van der Waals surface area contributed by atoms with Gasteiger partial charge < -0.3 is 28.2 Å². The molecule has 2 aromatic heterocycles.